The molecule has 0 fully saturated rings. The van der Waals surface area contributed by atoms with Gasteiger partial charge >= 0.3 is 0 Å². The average Bonchev–Trinajstić information content (AvgIpc) is 3.12. The Hall–Kier alpha value is -3.19. The van der Waals surface area contributed by atoms with E-state index in [-0.39, 0.29) is 0 Å². The van der Waals surface area contributed by atoms with Crippen molar-refractivity contribution in [2.75, 3.05) is 0 Å². The molecular formula is C25H20N+. The van der Waals surface area contributed by atoms with Gasteiger partial charge in [-0.2, -0.15) is 4.57 Å². The molecule has 1 aliphatic carbocycles. The van der Waals surface area contributed by atoms with E-state index in [0.717, 1.165) is 6.54 Å². The fraction of sp³-hybridized carbons (Fsp3) is 0.0800. The number of hydrogen-bond donors (Lipinski definition) is 0. The van der Waals surface area contributed by atoms with Crippen LogP contribution in [0.15, 0.2) is 97.2 Å². The van der Waals surface area contributed by atoms with Gasteiger partial charge in [-0.25, -0.2) is 0 Å². The minimum Gasteiger partial charge on any atom is -0.197 e. The number of pyridine rings is 1. The molecule has 5 rings (SSSR count). The van der Waals surface area contributed by atoms with Gasteiger partial charge in [-0.1, -0.05) is 84.9 Å². The van der Waals surface area contributed by atoms with Crippen LogP contribution in [-0.2, 0) is 6.54 Å². The Labute approximate surface area is 153 Å². The van der Waals surface area contributed by atoms with E-state index in [0.29, 0.717) is 5.92 Å². The lowest BCUT2D eigenvalue weighted by Gasteiger charge is -2.14. The van der Waals surface area contributed by atoms with Crippen molar-refractivity contribution in [1.82, 2.24) is 0 Å². The standard InChI is InChI=1S/C25H20N/c1-2-8-19(9-3-1)18-26-17-16-21-11-5-7-13-23(21)25(26)24-15-14-20-10-4-6-12-22(20)24/h1-17,24H,18H2/q+1. The van der Waals surface area contributed by atoms with Gasteiger partial charge in [0.2, 0.25) is 5.69 Å². The van der Waals surface area contributed by atoms with Gasteiger partial charge in [0.15, 0.2) is 12.7 Å². The Morgan fingerprint density at radius 3 is 2.42 bits per heavy atom. The van der Waals surface area contributed by atoms with Crippen molar-refractivity contribution in [2.45, 2.75) is 12.5 Å². The lowest BCUT2D eigenvalue weighted by Crippen LogP contribution is -2.40. The van der Waals surface area contributed by atoms with E-state index in [1.54, 1.807) is 0 Å². The first-order valence-corrected chi connectivity index (χ1v) is 9.12. The Bertz CT molecular complexity index is 1110. The van der Waals surface area contributed by atoms with Crippen LogP contribution in [0.5, 0.6) is 0 Å². The average molecular weight is 334 g/mol. The van der Waals surface area contributed by atoms with Crippen molar-refractivity contribution in [3.05, 3.63) is 120 Å². The fourth-order valence-corrected chi connectivity index (χ4v) is 4.03. The maximum Gasteiger partial charge on any atom is 0.200 e. The van der Waals surface area contributed by atoms with E-state index in [9.17, 15) is 0 Å². The third-order valence-electron chi connectivity index (χ3n) is 5.27. The smallest absolute Gasteiger partial charge is 0.197 e. The molecule has 3 aromatic carbocycles. The molecule has 0 aliphatic heterocycles. The summed E-state index contributed by atoms with van der Waals surface area (Å²) in [4.78, 5) is 0. The summed E-state index contributed by atoms with van der Waals surface area (Å²) < 4.78 is 2.41. The van der Waals surface area contributed by atoms with E-state index in [1.807, 2.05) is 0 Å². The second-order valence-corrected chi connectivity index (χ2v) is 6.87. The Morgan fingerprint density at radius 2 is 1.50 bits per heavy atom. The summed E-state index contributed by atoms with van der Waals surface area (Å²) in [6.45, 7) is 0.882. The zero-order chi connectivity index (χ0) is 17.3. The fourth-order valence-electron chi connectivity index (χ4n) is 4.03. The van der Waals surface area contributed by atoms with Crippen LogP contribution in [0.2, 0.25) is 0 Å². The molecule has 0 N–H and O–H groups in total. The largest absolute Gasteiger partial charge is 0.200 e. The van der Waals surface area contributed by atoms with Crippen LogP contribution in [0.25, 0.3) is 16.8 Å². The number of aromatic nitrogens is 1. The topological polar surface area (TPSA) is 3.88 Å². The molecule has 1 nitrogen and oxygen atoms in total. The quantitative estimate of drug-likeness (QED) is 0.446. The zero-order valence-corrected chi connectivity index (χ0v) is 14.5. The summed E-state index contributed by atoms with van der Waals surface area (Å²) in [5, 5.41) is 2.63. The van der Waals surface area contributed by atoms with Gasteiger partial charge < -0.3 is 0 Å². The van der Waals surface area contributed by atoms with Crippen LogP contribution in [0.4, 0.5) is 0 Å². The van der Waals surface area contributed by atoms with E-state index in [4.69, 9.17) is 0 Å². The SMILES string of the molecule is C1=CC(c2c3ccccc3cc[n+]2Cc2ccccc2)c2ccccc21. The van der Waals surface area contributed by atoms with Crippen LogP contribution < -0.4 is 4.57 Å². The highest BCUT2D eigenvalue weighted by Gasteiger charge is 2.28. The summed E-state index contributed by atoms with van der Waals surface area (Å²) in [5.74, 6) is 0.293. The van der Waals surface area contributed by atoms with Gasteiger partial charge in [0.25, 0.3) is 0 Å². The van der Waals surface area contributed by atoms with E-state index < -0.39 is 0 Å². The van der Waals surface area contributed by atoms with Gasteiger partial charge in [-0.3, -0.25) is 0 Å². The predicted molar refractivity (Wildman–Crippen MR) is 107 cm³/mol. The molecule has 1 heteroatoms. The predicted octanol–water partition coefficient (Wildman–Crippen LogP) is 5.33. The minimum absolute atomic E-state index is 0.293. The second kappa shape index (κ2) is 6.27. The summed E-state index contributed by atoms with van der Waals surface area (Å²) in [7, 11) is 0. The minimum atomic E-state index is 0.293. The number of hydrogen-bond acceptors (Lipinski definition) is 0. The van der Waals surface area contributed by atoms with E-state index in [1.165, 1.54) is 33.2 Å². The van der Waals surface area contributed by atoms with Crippen LogP contribution in [0.1, 0.15) is 28.3 Å². The van der Waals surface area contributed by atoms with Crippen molar-refractivity contribution in [3.8, 4) is 0 Å². The van der Waals surface area contributed by atoms with Gasteiger partial charge in [-0.15, -0.1) is 0 Å². The summed E-state index contributed by atoms with van der Waals surface area (Å²) >= 11 is 0. The first-order chi connectivity index (χ1) is 12.9. The molecule has 0 bridgehead atoms. The Kier molecular flexibility index (Phi) is 3.64. The van der Waals surface area contributed by atoms with Gasteiger partial charge in [0.1, 0.15) is 0 Å². The molecule has 1 aromatic heterocycles. The van der Waals surface area contributed by atoms with Crippen molar-refractivity contribution in [3.63, 3.8) is 0 Å². The molecule has 26 heavy (non-hydrogen) atoms. The third kappa shape index (κ3) is 2.53. The van der Waals surface area contributed by atoms with Crippen molar-refractivity contribution in [1.29, 1.82) is 0 Å². The van der Waals surface area contributed by atoms with Gasteiger partial charge in [0, 0.05) is 11.6 Å². The van der Waals surface area contributed by atoms with Crippen LogP contribution in [0, 0.1) is 0 Å². The normalized spacial score (nSPS) is 15.3. The summed E-state index contributed by atoms with van der Waals surface area (Å²) in [6, 6.07) is 30.4. The van der Waals surface area contributed by atoms with Crippen LogP contribution >= 0.6 is 0 Å². The highest BCUT2D eigenvalue weighted by Crippen LogP contribution is 2.36. The van der Waals surface area contributed by atoms with Crippen molar-refractivity contribution >= 4 is 16.8 Å². The molecule has 0 saturated carbocycles. The molecule has 1 aliphatic rings. The van der Waals surface area contributed by atoms with Gasteiger partial charge in [0.05, 0.1) is 11.3 Å². The van der Waals surface area contributed by atoms with Gasteiger partial charge in [-0.05, 0) is 22.6 Å². The molecule has 1 heterocycles. The maximum absolute atomic E-state index is 2.41. The highest BCUT2D eigenvalue weighted by atomic mass is 15.0. The molecule has 124 valence electrons. The first-order valence-electron chi connectivity index (χ1n) is 9.12. The summed E-state index contributed by atoms with van der Waals surface area (Å²) in [6.07, 6.45) is 6.84. The highest BCUT2D eigenvalue weighted by molar-refractivity contribution is 5.85. The monoisotopic (exact) mass is 334 g/mol. The second-order valence-electron chi connectivity index (χ2n) is 6.87. The molecular weight excluding hydrogens is 314 g/mol. The number of benzene rings is 3. The van der Waals surface area contributed by atoms with Crippen molar-refractivity contribution in [2.24, 2.45) is 0 Å². The summed E-state index contributed by atoms with van der Waals surface area (Å²) in [5.41, 5.74) is 5.42. The van der Waals surface area contributed by atoms with E-state index in [2.05, 4.69) is 108 Å². The third-order valence-corrected chi connectivity index (χ3v) is 5.27. The lowest BCUT2D eigenvalue weighted by atomic mass is 9.93. The number of allylic oxidation sites excluding steroid dienone is 1. The Balaban J connectivity index is 1.72. The molecule has 1 unspecified atom stereocenters. The molecule has 0 saturated heterocycles. The molecule has 0 amide bonds. The van der Waals surface area contributed by atoms with Crippen molar-refractivity contribution < 1.29 is 4.57 Å². The molecule has 1 atom stereocenters. The first kappa shape index (κ1) is 15.1. The molecule has 4 aromatic rings. The lowest BCUT2D eigenvalue weighted by molar-refractivity contribution is -0.694. The molecule has 0 radical (unpaired) electrons. The number of fused-ring (bicyclic) bond motifs is 2. The zero-order valence-electron chi connectivity index (χ0n) is 14.5. The maximum atomic E-state index is 2.41. The number of rotatable bonds is 3. The molecule has 0 spiro atoms. The van der Waals surface area contributed by atoms with E-state index >= 15 is 0 Å². The van der Waals surface area contributed by atoms with Crippen LogP contribution in [0.3, 0.4) is 0 Å². The Morgan fingerprint density at radius 1 is 0.731 bits per heavy atom. The number of nitrogens with zero attached hydrogens (tertiary/aromatic N) is 1. The van der Waals surface area contributed by atoms with Crippen LogP contribution in [-0.4, -0.2) is 0 Å².